The molecule has 1 amide bonds. The van der Waals surface area contributed by atoms with Crippen LogP contribution < -0.4 is 10.6 Å². The third-order valence-electron chi connectivity index (χ3n) is 5.25. The van der Waals surface area contributed by atoms with E-state index in [0.29, 0.717) is 35.4 Å². The number of thiophene rings is 1. The lowest BCUT2D eigenvalue weighted by Crippen LogP contribution is -2.38. The summed E-state index contributed by atoms with van der Waals surface area (Å²) in [5.41, 5.74) is 0.780. The molecule has 3 aromatic rings. The Morgan fingerprint density at radius 3 is 2.88 bits per heavy atom. The van der Waals surface area contributed by atoms with Crippen molar-refractivity contribution in [3.8, 4) is 0 Å². The Bertz CT molecular complexity index is 1120. The van der Waals surface area contributed by atoms with Gasteiger partial charge in [0.05, 0.1) is 17.7 Å². The second-order valence-electron chi connectivity index (χ2n) is 7.53. The number of aryl methyl sites for hydroxylation is 1. The SMILES string of the molecule is CCOC(=O)c1sc2nc(CSc3ccccc3)nc(NC3CCCCNC3=O)c2c1C. The molecule has 0 radical (unpaired) electrons. The fourth-order valence-electron chi connectivity index (χ4n) is 3.65. The van der Waals surface area contributed by atoms with Crippen molar-refractivity contribution >= 4 is 51.0 Å². The van der Waals surface area contributed by atoms with Gasteiger partial charge in [-0.2, -0.15) is 0 Å². The lowest BCUT2D eigenvalue weighted by Gasteiger charge is -2.17. The van der Waals surface area contributed by atoms with Gasteiger partial charge < -0.3 is 15.4 Å². The molecule has 1 unspecified atom stereocenters. The molecule has 1 aliphatic rings. The van der Waals surface area contributed by atoms with Crippen LogP contribution in [-0.4, -0.2) is 41.0 Å². The number of aromatic nitrogens is 2. The minimum atomic E-state index is -0.365. The van der Waals surface area contributed by atoms with E-state index in [4.69, 9.17) is 14.7 Å². The minimum absolute atomic E-state index is 0.0204. The van der Waals surface area contributed by atoms with Crippen molar-refractivity contribution in [3.05, 3.63) is 46.6 Å². The first-order chi connectivity index (χ1) is 15.6. The van der Waals surface area contributed by atoms with Gasteiger partial charge in [-0.1, -0.05) is 18.2 Å². The van der Waals surface area contributed by atoms with E-state index < -0.39 is 0 Å². The Labute approximate surface area is 195 Å². The monoisotopic (exact) mass is 470 g/mol. The van der Waals surface area contributed by atoms with Crippen LogP contribution in [0.3, 0.4) is 0 Å². The van der Waals surface area contributed by atoms with Gasteiger partial charge in [-0.05, 0) is 50.8 Å². The van der Waals surface area contributed by atoms with Crippen LogP contribution in [0, 0.1) is 6.92 Å². The third-order valence-corrected chi connectivity index (χ3v) is 7.43. The smallest absolute Gasteiger partial charge is 0.348 e. The Kier molecular flexibility index (Phi) is 7.26. The quantitative estimate of drug-likeness (QED) is 0.386. The predicted molar refractivity (Wildman–Crippen MR) is 128 cm³/mol. The molecule has 0 spiro atoms. The summed E-state index contributed by atoms with van der Waals surface area (Å²) in [5.74, 6) is 1.46. The molecule has 2 N–H and O–H groups in total. The number of nitrogens with one attached hydrogen (secondary N) is 2. The standard InChI is InChI=1S/C23H26N4O3S2/c1-3-30-23(29)19-14(2)18-20(25-16-11-7-8-12-24-21(16)28)26-17(27-22(18)32-19)13-31-15-9-5-4-6-10-15/h4-6,9-10,16H,3,7-8,11-13H2,1-2H3,(H,24,28)(H,25,26,27). The lowest BCUT2D eigenvalue weighted by atomic mass is 10.1. The van der Waals surface area contributed by atoms with Gasteiger partial charge in [0.2, 0.25) is 5.91 Å². The molecule has 168 valence electrons. The topological polar surface area (TPSA) is 93.2 Å². The summed E-state index contributed by atoms with van der Waals surface area (Å²) in [6, 6.07) is 9.71. The molecule has 1 saturated heterocycles. The molecule has 9 heteroatoms. The molecule has 7 nitrogen and oxygen atoms in total. The molecule has 1 aliphatic heterocycles. The zero-order valence-corrected chi connectivity index (χ0v) is 19.8. The van der Waals surface area contributed by atoms with Gasteiger partial charge in [-0.25, -0.2) is 14.8 Å². The van der Waals surface area contributed by atoms with Crippen molar-refractivity contribution in [2.24, 2.45) is 0 Å². The van der Waals surface area contributed by atoms with E-state index in [1.54, 1.807) is 18.7 Å². The van der Waals surface area contributed by atoms with Gasteiger partial charge in [0.1, 0.15) is 27.4 Å². The molecule has 1 aromatic carbocycles. The van der Waals surface area contributed by atoms with Crippen LogP contribution in [-0.2, 0) is 15.3 Å². The van der Waals surface area contributed by atoms with Crippen molar-refractivity contribution in [2.75, 3.05) is 18.5 Å². The maximum atomic E-state index is 12.5. The summed E-state index contributed by atoms with van der Waals surface area (Å²) in [6.07, 6.45) is 2.66. The summed E-state index contributed by atoms with van der Waals surface area (Å²) in [4.78, 5) is 36.9. The van der Waals surface area contributed by atoms with Crippen molar-refractivity contribution in [3.63, 3.8) is 0 Å². The summed E-state index contributed by atoms with van der Waals surface area (Å²) in [6.45, 7) is 4.67. The Morgan fingerprint density at radius 1 is 1.28 bits per heavy atom. The van der Waals surface area contributed by atoms with Gasteiger partial charge in [-0.3, -0.25) is 4.79 Å². The third kappa shape index (κ3) is 5.05. The second kappa shape index (κ2) is 10.3. The molecule has 0 saturated carbocycles. The van der Waals surface area contributed by atoms with Crippen LogP contribution in [0.2, 0.25) is 0 Å². The number of benzene rings is 1. The van der Waals surface area contributed by atoms with Crippen LogP contribution in [0.15, 0.2) is 35.2 Å². The molecule has 0 bridgehead atoms. The number of esters is 1. The first kappa shape index (κ1) is 22.5. The number of amides is 1. The number of thioether (sulfide) groups is 1. The largest absolute Gasteiger partial charge is 0.462 e. The van der Waals surface area contributed by atoms with Crippen LogP contribution in [0.4, 0.5) is 5.82 Å². The van der Waals surface area contributed by atoms with Crippen LogP contribution in [0.5, 0.6) is 0 Å². The Balaban J connectivity index is 1.71. The van der Waals surface area contributed by atoms with Gasteiger partial charge in [0.25, 0.3) is 0 Å². The number of carbonyl (C=O) groups is 2. The molecule has 1 fully saturated rings. The molecule has 1 atom stereocenters. The van der Waals surface area contributed by atoms with E-state index in [1.807, 2.05) is 37.3 Å². The summed E-state index contributed by atoms with van der Waals surface area (Å²) in [7, 11) is 0. The number of anilines is 1. The van der Waals surface area contributed by atoms with Crippen molar-refractivity contribution in [1.82, 2.24) is 15.3 Å². The number of carbonyl (C=O) groups excluding carboxylic acids is 2. The molecule has 4 rings (SSSR count). The van der Waals surface area contributed by atoms with E-state index in [9.17, 15) is 9.59 Å². The summed E-state index contributed by atoms with van der Waals surface area (Å²) >= 11 is 2.96. The fourth-order valence-corrected chi connectivity index (χ4v) is 5.52. The highest BCUT2D eigenvalue weighted by Crippen LogP contribution is 2.36. The minimum Gasteiger partial charge on any atom is -0.462 e. The Hall–Kier alpha value is -2.65. The van der Waals surface area contributed by atoms with E-state index >= 15 is 0 Å². The number of ether oxygens (including phenoxy) is 1. The van der Waals surface area contributed by atoms with Gasteiger partial charge in [-0.15, -0.1) is 23.1 Å². The zero-order valence-electron chi connectivity index (χ0n) is 18.1. The van der Waals surface area contributed by atoms with Crippen LogP contribution in [0.25, 0.3) is 10.2 Å². The normalized spacial score (nSPS) is 16.4. The first-order valence-electron chi connectivity index (χ1n) is 10.8. The Morgan fingerprint density at radius 2 is 2.09 bits per heavy atom. The van der Waals surface area contributed by atoms with Crippen molar-refractivity contribution in [1.29, 1.82) is 0 Å². The molecular weight excluding hydrogens is 444 g/mol. The molecule has 3 heterocycles. The highest BCUT2D eigenvalue weighted by Gasteiger charge is 2.25. The van der Waals surface area contributed by atoms with Crippen LogP contribution >= 0.6 is 23.1 Å². The summed E-state index contributed by atoms with van der Waals surface area (Å²) in [5, 5.41) is 7.10. The molecule has 2 aromatic heterocycles. The van der Waals surface area contributed by atoms with Crippen LogP contribution in [0.1, 0.15) is 47.2 Å². The van der Waals surface area contributed by atoms with E-state index in [0.717, 1.165) is 39.9 Å². The molecule has 32 heavy (non-hydrogen) atoms. The number of fused-ring (bicyclic) bond motifs is 1. The zero-order chi connectivity index (χ0) is 22.5. The highest BCUT2D eigenvalue weighted by molar-refractivity contribution is 7.98. The fraction of sp³-hybridized carbons (Fsp3) is 0.391. The number of hydrogen-bond donors (Lipinski definition) is 2. The lowest BCUT2D eigenvalue weighted by molar-refractivity contribution is -0.121. The number of rotatable bonds is 7. The summed E-state index contributed by atoms with van der Waals surface area (Å²) < 4.78 is 5.23. The average Bonchev–Trinajstić information content (AvgIpc) is 3.00. The predicted octanol–water partition coefficient (Wildman–Crippen LogP) is 4.55. The number of hydrogen-bond acceptors (Lipinski definition) is 8. The van der Waals surface area contributed by atoms with Crippen molar-refractivity contribution in [2.45, 2.75) is 49.8 Å². The highest BCUT2D eigenvalue weighted by atomic mass is 32.2. The van der Waals surface area contributed by atoms with Gasteiger partial charge >= 0.3 is 5.97 Å². The number of nitrogens with zero attached hydrogens (tertiary/aromatic N) is 2. The second-order valence-corrected chi connectivity index (χ2v) is 9.58. The van der Waals surface area contributed by atoms with E-state index in [-0.39, 0.29) is 17.9 Å². The average molecular weight is 471 g/mol. The molecule has 0 aliphatic carbocycles. The van der Waals surface area contributed by atoms with E-state index in [2.05, 4.69) is 10.6 Å². The maximum Gasteiger partial charge on any atom is 0.348 e. The van der Waals surface area contributed by atoms with Gasteiger partial charge in [0, 0.05) is 11.4 Å². The maximum absolute atomic E-state index is 12.5. The van der Waals surface area contributed by atoms with Crippen molar-refractivity contribution < 1.29 is 14.3 Å². The van der Waals surface area contributed by atoms with E-state index in [1.165, 1.54) is 11.3 Å². The first-order valence-corrected chi connectivity index (χ1v) is 12.6. The molecular formula is C23H26N4O3S2. The van der Waals surface area contributed by atoms with Gasteiger partial charge in [0.15, 0.2) is 0 Å².